The van der Waals surface area contributed by atoms with Crippen molar-refractivity contribution in [3.05, 3.63) is 235 Å². The Morgan fingerprint density at radius 3 is 1.51 bits per heavy atom. The Labute approximate surface area is 493 Å². The average molecular weight is 1160 g/mol. The van der Waals surface area contributed by atoms with Crippen molar-refractivity contribution in [2.75, 3.05) is 38.3 Å². The molecule has 0 radical (unpaired) electrons. The van der Waals surface area contributed by atoms with E-state index in [9.17, 15) is 0 Å². The number of ether oxygens (including phenoxy) is 3. The zero-order valence-electron chi connectivity index (χ0n) is 48.1. The fourth-order valence-corrected chi connectivity index (χ4v) is 18.6. The molecule has 422 valence electrons. The summed E-state index contributed by atoms with van der Waals surface area (Å²) in [5, 5.41) is 3.36. The summed E-state index contributed by atoms with van der Waals surface area (Å²) in [6.45, 7) is 10.8. The van der Waals surface area contributed by atoms with Crippen LogP contribution in [0.5, 0.6) is 34.5 Å². The van der Waals surface area contributed by atoms with E-state index in [0.717, 1.165) is 124 Å². The van der Waals surface area contributed by atoms with Gasteiger partial charge in [0.15, 0.2) is 0 Å². The van der Waals surface area contributed by atoms with E-state index in [1.165, 1.54) is 27.3 Å². The third kappa shape index (κ3) is 11.8. The molecule has 0 fully saturated rings. The molecule has 5 unspecified atom stereocenters. The first-order valence-electron chi connectivity index (χ1n) is 29.6. The molecule has 0 saturated heterocycles. The molecule has 0 N–H and O–H groups in total. The summed E-state index contributed by atoms with van der Waals surface area (Å²) in [7, 11) is -4.95. The third-order valence-corrected chi connectivity index (χ3v) is 23.8. The lowest BCUT2D eigenvalue weighted by Crippen LogP contribution is -2.28. The van der Waals surface area contributed by atoms with Crippen LogP contribution in [-0.2, 0) is 28.2 Å². The number of rotatable bonds is 23. The Morgan fingerprint density at radius 1 is 0.422 bits per heavy atom. The van der Waals surface area contributed by atoms with Gasteiger partial charge in [-0.1, -0.05) is 204 Å². The number of benzene rings is 9. The highest BCUT2D eigenvalue weighted by Gasteiger charge is 2.38. The minimum Gasteiger partial charge on any atom is -0.493 e. The fourth-order valence-electron chi connectivity index (χ4n) is 12.3. The zero-order chi connectivity index (χ0) is 56.8. The second kappa shape index (κ2) is 25.0. The Balaban J connectivity index is 0.789. The van der Waals surface area contributed by atoms with E-state index < -0.39 is 23.7 Å². The van der Waals surface area contributed by atoms with Gasteiger partial charge < -0.3 is 27.8 Å². The van der Waals surface area contributed by atoms with Crippen molar-refractivity contribution in [1.82, 2.24) is 0 Å². The van der Waals surface area contributed by atoms with Crippen LogP contribution >= 0.6 is 23.7 Å². The van der Waals surface area contributed by atoms with Gasteiger partial charge in [0.25, 0.3) is 7.37 Å². The topological polar surface area (TPSA) is 72.5 Å². The van der Waals surface area contributed by atoms with Crippen LogP contribution in [0.15, 0.2) is 212 Å². The Morgan fingerprint density at radius 2 is 0.867 bits per heavy atom. The van der Waals surface area contributed by atoms with Crippen LogP contribution < -0.4 is 43.7 Å². The fraction of sp³-hybridized carbons (Fsp3) is 0.260. The summed E-state index contributed by atoms with van der Waals surface area (Å²) in [6, 6.07) is 73.9. The number of hydrogen-bond acceptors (Lipinski definition) is 7. The Kier molecular flexibility index (Phi) is 17.0. The highest BCUT2D eigenvalue weighted by molar-refractivity contribution is 7.67. The smallest absolute Gasteiger partial charge is 0.278 e. The maximum atomic E-state index is 15.0. The van der Waals surface area contributed by atoms with E-state index >= 15 is 4.57 Å². The molecule has 9 aromatic carbocycles. The molecular weight excluding hydrogens is 1080 g/mol. The van der Waals surface area contributed by atoms with E-state index in [1.54, 1.807) is 0 Å². The zero-order valence-corrected chi connectivity index (χ0v) is 50.8. The maximum Gasteiger partial charge on any atom is 0.278 e. The van der Waals surface area contributed by atoms with Gasteiger partial charge in [-0.2, -0.15) is 0 Å². The minimum atomic E-state index is -3.27. The first-order chi connectivity index (χ1) is 40.6. The van der Waals surface area contributed by atoms with E-state index in [4.69, 9.17) is 27.8 Å². The Hall–Kier alpha value is -7.13. The molecule has 0 aliphatic carbocycles. The lowest BCUT2D eigenvalue weighted by molar-refractivity contribution is 0.289. The molecular formula is C73H73O7P3. The lowest BCUT2D eigenvalue weighted by atomic mass is 9.71. The summed E-state index contributed by atoms with van der Waals surface area (Å²) in [5.74, 6) is 5.31. The van der Waals surface area contributed by atoms with Crippen molar-refractivity contribution in [2.45, 2.75) is 83.5 Å². The second-order valence-corrected chi connectivity index (χ2v) is 28.8. The molecule has 83 heavy (non-hydrogen) atoms. The van der Waals surface area contributed by atoms with Gasteiger partial charge in [0.2, 0.25) is 0 Å². The monoisotopic (exact) mass is 1150 g/mol. The Bertz CT molecular complexity index is 3800. The van der Waals surface area contributed by atoms with E-state index in [1.807, 2.05) is 42.5 Å². The van der Waals surface area contributed by atoms with Crippen molar-refractivity contribution in [3.8, 4) is 67.9 Å². The van der Waals surface area contributed by atoms with Crippen molar-refractivity contribution in [3.63, 3.8) is 0 Å². The van der Waals surface area contributed by atoms with Crippen LogP contribution in [-0.4, -0.2) is 38.3 Å². The normalized spacial score (nSPS) is 17.6. The average Bonchev–Trinajstić information content (AvgIpc) is 3.34. The molecule has 12 rings (SSSR count). The summed E-state index contributed by atoms with van der Waals surface area (Å²) in [6.07, 6.45) is 7.61. The predicted molar refractivity (Wildman–Crippen MR) is 345 cm³/mol. The van der Waals surface area contributed by atoms with Gasteiger partial charge in [-0.3, -0.25) is 4.57 Å². The molecule has 0 spiro atoms. The van der Waals surface area contributed by atoms with Crippen molar-refractivity contribution in [2.24, 2.45) is 0 Å². The van der Waals surface area contributed by atoms with Gasteiger partial charge in [-0.25, -0.2) is 0 Å². The molecule has 9 aromatic rings. The quantitative estimate of drug-likeness (QED) is 0.0467. The largest absolute Gasteiger partial charge is 0.493 e. The number of fused-ring (bicyclic) bond motifs is 9. The predicted octanol–water partition coefficient (Wildman–Crippen LogP) is 18.0. The molecule has 3 aliphatic heterocycles. The van der Waals surface area contributed by atoms with Crippen LogP contribution in [0.1, 0.15) is 82.1 Å². The number of para-hydroxylation sites is 6. The molecule has 10 heteroatoms. The molecule has 3 aliphatic rings. The summed E-state index contributed by atoms with van der Waals surface area (Å²) in [5.41, 5.74) is 10.8. The van der Waals surface area contributed by atoms with Gasteiger partial charge in [0.1, 0.15) is 50.8 Å². The SMILES string of the molecule is CCC(C)(Cc1cccc(C(C)(CC)Cc2ccccc2OCCCP2Oc3ccccc3-c3ccccc32)c1OCCCP1(=O)Oc2ccccc2-c2ccccc21)c1ccccc1OCCCP1Oc2ccccc2-c2ccccc21. The number of hydrogen-bond donors (Lipinski definition) is 0. The minimum absolute atomic E-state index is 0.317. The van der Waals surface area contributed by atoms with Crippen LogP contribution in [0.2, 0.25) is 0 Å². The van der Waals surface area contributed by atoms with Crippen LogP contribution in [0, 0.1) is 0 Å². The van der Waals surface area contributed by atoms with Gasteiger partial charge in [0.05, 0.1) is 25.1 Å². The highest BCUT2D eigenvalue weighted by Crippen LogP contribution is 2.56. The van der Waals surface area contributed by atoms with E-state index in [2.05, 4.69) is 198 Å². The van der Waals surface area contributed by atoms with Gasteiger partial charge in [-0.05, 0) is 109 Å². The summed E-state index contributed by atoms with van der Waals surface area (Å²) >= 11 is 0. The first-order valence-corrected chi connectivity index (χ1v) is 34.3. The second-order valence-electron chi connectivity index (χ2n) is 22.6. The highest BCUT2D eigenvalue weighted by atomic mass is 31.2. The standard InChI is InChI=1S/C73H73O7P3/c1-5-72(3,61-35-14-19-41-67(61)76-46-25-49-82-69-43-21-12-33-59(69)56-30-9-17-39-65(56)79-82)52-54-28-23-36-62(71(54)77-47-26-50-83(74)70-44-22-13-34-60(70)57-31-10-18-40-66(57)80-83)73(4,6-2)51-53-27-7-15-37-63(53)75-45-24-48-81-68-42-20-11-32-58(68)55-29-8-16-38-64(55)78-81/h7-23,27-44H,5-6,24-26,45-52H2,1-4H3. The van der Waals surface area contributed by atoms with Gasteiger partial charge in [0, 0.05) is 67.7 Å². The van der Waals surface area contributed by atoms with Crippen molar-refractivity contribution < 1.29 is 32.3 Å². The van der Waals surface area contributed by atoms with E-state index in [0.29, 0.717) is 38.2 Å². The molecule has 3 heterocycles. The van der Waals surface area contributed by atoms with Gasteiger partial charge in [-0.15, -0.1) is 0 Å². The molecule has 5 atom stereocenters. The lowest BCUT2D eigenvalue weighted by Gasteiger charge is -2.35. The van der Waals surface area contributed by atoms with Crippen molar-refractivity contribution in [1.29, 1.82) is 0 Å². The first kappa shape index (κ1) is 56.4. The maximum absolute atomic E-state index is 15.0. The summed E-state index contributed by atoms with van der Waals surface area (Å²) < 4.78 is 55.7. The van der Waals surface area contributed by atoms with Gasteiger partial charge >= 0.3 is 0 Å². The van der Waals surface area contributed by atoms with Crippen molar-refractivity contribution >= 4 is 39.6 Å². The van der Waals surface area contributed by atoms with Crippen LogP contribution in [0.3, 0.4) is 0 Å². The molecule has 0 aromatic heterocycles. The van der Waals surface area contributed by atoms with E-state index in [-0.39, 0.29) is 10.8 Å². The molecule has 0 amide bonds. The van der Waals surface area contributed by atoms with Crippen LogP contribution in [0.4, 0.5) is 0 Å². The molecule has 0 bridgehead atoms. The summed E-state index contributed by atoms with van der Waals surface area (Å²) in [4.78, 5) is 0. The molecule has 0 saturated carbocycles. The van der Waals surface area contributed by atoms with Crippen LogP contribution in [0.25, 0.3) is 33.4 Å². The third-order valence-electron chi connectivity index (χ3n) is 17.2. The molecule has 7 nitrogen and oxygen atoms in total.